The summed E-state index contributed by atoms with van der Waals surface area (Å²) in [4.78, 5) is 43.4. The molecule has 57 heavy (non-hydrogen) atoms. The summed E-state index contributed by atoms with van der Waals surface area (Å²) < 4.78 is 24.3. The molecule has 5 rings (SSSR count). The van der Waals surface area contributed by atoms with Crippen LogP contribution in [0.4, 0.5) is 4.79 Å². The number of hydrogen-bond donors (Lipinski definition) is 2. The third kappa shape index (κ3) is 12.2. The highest BCUT2D eigenvalue weighted by molar-refractivity contribution is 6.23. The molecule has 1 atom stereocenters. The summed E-state index contributed by atoms with van der Waals surface area (Å²) in [6.07, 6.45) is 5.51. The van der Waals surface area contributed by atoms with E-state index in [4.69, 9.17) is 18.9 Å². The summed E-state index contributed by atoms with van der Waals surface area (Å²) in [6.45, 7) is 14.2. The predicted molar refractivity (Wildman–Crippen MR) is 217 cm³/mol. The van der Waals surface area contributed by atoms with Crippen LogP contribution >= 0.6 is 0 Å². The van der Waals surface area contributed by atoms with Crippen LogP contribution in [0.2, 0.25) is 0 Å². The molecule has 2 N–H and O–H groups in total. The lowest BCUT2D eigenvalue weighted by Crippen LogP contribution is -2.42. The van der Waals surface area contributed by atoms with Crippen LogP contribution in [0.15, 0.2) is 83.7 Å². The minimum atomic E-state index is -0.891. The first-order valence-electron chi connectivity index (χ1n) is 19.9. The van der Waals surface area contributed by atoms with Crippen LogP contribution in [0.3, 0.4) is 0 Å². The van der Waals surface area contributed by atoms with Gasteiger partial charge in [-0.3, -0.25) is 9.79 Å². The molecule has 0 saturated heterocycles. The number of carbonyl (C=O) groups is 3. The molecular formula is C44H57N5O8. The fourth-order valence-corrected chi connectivity index (χ4v) is 7.35. The Balaban J connectivity index is 1.02. The number of Topliss-reactive ketones (excluding diaryl/α,β-unsaturated/α-hetero) is 1. The third-order valence-corrected chi connectivity index (χ3v) is 9.98. The molecule has 13 heteroatoms. The van der Waals surface area contributed by atoms with Gasteiger partial charge in [0.1, 0.15) is 25.0 Å². The molecule has 2 aliphatic carbocycles. The monoisotopic (exact) mass is 783 g/mol. The summed E-state index contributed by atoms with van der Waals surface area (Å²) in [5.74, 6) is -0.287. The van der Waals surface area contributed by atoms with Gasteiger partial charge in [0, 0.05) is 31.0 Å². The molecule has 306 valence electrons. The van der Waals surface area contributed by atoms with E-state index < -0.39 is 18.1 Å². The summed E-state index contributed by atoms with van der Waals surface area (Å²) in [6, 6.07) is 15.3. The molecule has 0 bridgehead atoms. The Morgan fingerprint density at radius 2 is 1.72 bits per heavy atom. The lowest BCUT2D eigenvalue weighted by molar-refractivity contribution is -0.145. The standard InChI is InChI=1S/C44H57N5O8/c1-6-20-56-42(52)37(47-43(53)57-29-36-34-15-9-7-13-32(34)33-14-8-10-16-35(33)36)17-11-12-19-49-31(27-46-48-49)28-55-23-22-54-21-18-45-38(24-30(2)3)41-39(50)25-44(4,5)26-40(41)51/h6-10,13-16,27,30,36-37,50H,1,11-12,17-26,28-29H2,2-5H3,(H,47,53)/t37-/m0/s1. The Labute approximate surface area is 335 Å². The highest BCUT2D eigenvalue weighted by atomic mass is 16.6. The number of unbranched alkanes of at least 4 members (excludes halogenated alkanes) is 1. The van der Waals surface area contributed by atoms with Gasteiger partial charge in [0.2, 0.25) is 0 Å². The fourth-order valence-electron chi connectivity index (χ4n) is 7.35. The average molecular weight is 784 g/mol. The number of benzene rings is 2. The topological polar surface area (TPSA) is 163 Å². The number of nitrogens with one attached hydrogen (secondary N) is 1. The SMILES string of the molecule is C=CCOC(=O)[C@H](CCCCn1nncc1COCCOCCN=C(CC(C)C)C1=C(O)CC(C)(C)CC1=O)NC(=O)OCC1c2ccccc2-c2ccccc21. The van der Waals surface area contributed by atoms with Gasteiger partial charge in [-0.1, -0.05) is 94.1 Å². The minimum absolute atomic E-state index is 0.0347. The van der Waals surface area contributed by atoms with Crippen molar-refractivity contribution in [3.8, 4) is 11.1 Å². The first kappa shape index (κ1) is 43.0. The number of aliphatic hydroxyl groups is 1. The number of allylic oxidation sites excluding steroid dienone is 2. The number of aryl methyl sites for hydroxylation is 1. The number of amides is 1. The number of aromatic nitrogens is 3. The molecule has 0 aliphatic heterocycles. The Kier molecular flexibility index (Phi) is 15.7. The molecule has 0 radical (unpaired) electrons. The molecule has 0 fully saturated rings. The Morgan fingerprint density at radius 1 is 1.02 bits per heavy atom. The van der Waals surface area contributed by atoms with Crippen LogP contribution in [-0.4, -0.2) is 89.3 Å². The molecule has 1 amide bonds. The molecule has 13 nitrogen and oxygen atoms in total. The number of fused-ring (bicyclic) bond motifs is 3. The number of ether oxygens (including phenoxy) is 4. The lowest BCUT2D eigenvalue weighted by atomic mass is 9.75. The van der Waals surface area contributed by atoms with Crippen LogP contribution in [0.1, 0.15) is 89.0 Å². The number of hydrogen-bond acceptors (Lipinski definition) is 11. The van der Waals surface area contributed by atoms with Gasteiger partial charge in [0.25, 0.3) is 0 Å². The Bertz CT molecular complexity index is 1870. The number of aliphatic hydroxyl groups excluding tert-OH is 1. The number of aliphatic imine (C=N–C) groups is 1. The lowest BCUT2D eigenvalue weighted by Gasteiger charge is -2.30. The highest BCUT2D eigenvalue weighted by Crippen LogP contribution is 2.44. The van der Waals surface area contributed by atoms with E-state index >= 15 is 0 Å². The number of rotatable bonds is 22. The quantitative estimate of drug-likeness (QED) is 0.0457. The number of alkyl carbamates (subject to hydrolysis) is 1. The summed E-state index contributed by atoms with van der Waals surface area (Å²) in [5, 5.41) is 21.6. The first-order chi connectivity index (χ1) is 27.5. The molecule has 0 unspecified atom stereocenters. The van der Waals surface area contributed by atoms with Crippen molar-refractivity contribution in [2.75, 3.05) is 39.6 Å². The zero-order valence-electron chi connectivity index (χ0n) is 33.7. The molecule has 0 saturated carbocycles. The van der Waals surface area contributed by atoms with E-state index in [9.17, 15) is 19.5 Å². The van der Waals surface area contributed by atoms with Gasteiger partial charge >= 0.3 is 12.1 Å². The normalized spacial score (nSPS) is 15.7. The van der Waals surface area contributed by atoms with Gasteiger partial charge in [-0.2, -0.15) is 0 Å². The second-order valence-corrected chi connectivity index (χ2v) is 15.7. The number of carbonyl (C=O) groups excluding carboxylic acids is 3. The molecule has 0 spiro atoms. The van der Waals surface area contributed by atoms with Crippen LogP contribution in [0.5, 0.6) is 0 Å². The van der Waals surface area contributed by atoms with E-state index in [0.29, 0.717) is 89.3 Å². The van der Waals surface area contributed by atoms with E-state index in [1.807, 2.05) is 38.1 Å². The summed E-state index contributed by atoms with van der Waals surface area (Å²) >= 11 is 0. The largest absolute Gasteiger partial charge is 0.511 e. The molecule has 3 aromatic rings. The summed E-state index contributed by atoms with van der Waals surface area (Å²) in [5.41, 5.74) is 6.04. The van der Waals surface area contributed by atoms with Gasteiger partial charge in [-0.25, -0.2) is 14.3 Å². The number of nitrogens with zero attached hydrogens (tertiary/aromatic N) is 4. The maximum Gasteiger partial charge on any atom is 0.407 e. The second kappa shape index (κ2) is 20.9. The number of esters is 1. The predicted octanol–water partition coefficient (Wildman–Crippen LogP) is 7.31. The van der Waals surface area contributed by atoms with Gasteiger partial charge in [0.15, 0.2) is 5.78 Å². The average Bonchev–Trinajstić information content (AvgIpc) is 3.75. The fraction of sp³-hybridized carbons (Fsp3) is 0.500. The summed E-state index contributed by atoms with van der Waals surface area (Å²) in [7, 11) is 0. The maximum atomic E-state index is 13.0. The van der Waals surface area contributed by atoms with Crippen LogP contribution in [-0.2, 0) is 41.7 Å². The van der Waals surface area contributed by atoms with Crippen molar-refractivity contribution < 1.29 is 38.4 Å². The van der Waals surface area contributed by atoms with Crippen molar-refractivity contribution in [3.05, 3.63) is 95.5 Å². The Hall–Kier alpha value is -5.14. The van der Waals surface area contributed by atoms with Crippen LogP contribution < -0.4 is 5.32 Å². The molecular weight excluding hydrogens is 727 g/mol. The molecule has 1 aromatic heterocycles. The van der Waals surface area contributed by atoms with Gasteiger partial charge in [-0.15, -0.1) is 5.10 Å². The van der Waals surface area contributed by atoms with E-state index in [1.165, 1.54) is 6.08 Å². The maximum absolute atomic E-state index is 13.0. The van der Waals surface area contributed by atoms with E-state index in [1.54, 1.807) is 10.9 Å². The minimum Gasteiger partial charge on any atom is -0.511 e. The smallest absolute Gasteiger partial charge is 0.407 e. The van der Waals surface area contributed by atoms with E-state index in [-0.39, 0.29) is 42.0 Å². The van der Waals surface area contributed by atoms with Crippen molar-refractivity contribution in [2.45, 2.75) is 91.3 Å². The molecule has 2 aliphatic rings. The zero-order valence-corrected chi connectivity index (χ0v) is 33.7. The molecule has 1 heterocycles. The van der Waals surface area contributed by atoms with E-state index in [2.05, 4.69) is 65.3 Å². The zero-order chi connectivity index (χ0) is 40.8. The van der Waals surface area contributed by atoms with Crippen molar-refractivity contribution in [2.24, 2.45) is 16.3 Å². The van der Waals surface area contributed by atoms with Crippen LogP contribution in [0.25, 0.3) is 11.1 Å². The van der Waals surface area contributed by atoms with Crippen LogP contribution in [0, 0.1) is 11.3 Å². The third-order valence-electron chi connectivity index (χ3n) is 9.98. The highest BCUT2D eigenvalue weighted by Gasteiger charge is 2.35. The van der Waals surface area contributed by atoms with Crippen molar-refractivity contribution >= 4 is 23.6 Å². The van der Waals surface area contributed by atoms with Gasteiger partial charge in [-0.05, 0) is 59.3 Å². The van der Waals surface area contributed by atoms with Crippen molar-refractivity contribution in [1.29, 1.82) is 0 Å². The second-order valence-electron chi connectivity index (χ2n) is 15.7. The van der Waals surface area contributed by atoms with E-state index in [0.717, 1.165) is 27.9 Å². The Morgan fingerprint density at radius 3 is 2.40 bits per heavy atom. The number of ketones is 1. The first-order valence-corrected chi connectivity index (χ1v) is 19.9. The molecule has 2 aromatic carbocycles. The van der Waals surface area contributed by atoms with Crippen molar-refractivity contribution in [3.63, 3.8) is 0 Å². The van der Waals surface area contributed by atoms with Crippen molar-refractivity contribution in [1.82, 2.24) is 20.3 Å². The van der Waals surface area contributed by atoms with Gasteiger partial charge < -0.3 is 29.4 Å². The van der Waals surface area contributed by atoms with Gasteiger partial charge in [0.05, 0.1) is 50.4 Å².